The van der Waals surface area contributed by atoms with Crippen molar-refractivity contribution < 1.29 is 14.3 Å². The molecule has 8 heteroatoms. The smallest absolute Gasteiger partial charge is 0.340 e. The number of thiazole rings is 1. The lowest BCUT2D eigenvalue weighted by molar-refractivity contribution is -0.119. The molecule has 0 aliphatic heterocycles. The highest BCUT2D eigenvalue weighted by Gasteiger charge is 2.14. The van der Waals surface area contributed by atoms with Crippen LogP contribution in [0.4, 0.5) is 10.8 Å². The third-order valence-corrected chi connectivity index (χ3v) is 4.66. The summed E-state index contributed by atoms with van der Waals surface area (Å²) in [6.45, 7) is 1.57. The zero-order chi connectivity index (χ0) is 19.4. The van der Waals surface area contributed by atoms with E-state index in [0.717, 1.165) is 16.8 Å². The number of halogens is 1. The number of aromatic nitrogens is 1. The van der Waals surface area contributed by atoms with Crippen molar-refractivity contribution in [3.05, 3.63) is 64.0 Å². The molecule has 0 spiro atoms. The van der Waals surface area contributed by atoms with Gasteiger partial charge in [0.15, 0.2) is 11.7 Å². The number of carbonyl (C=O) groups excluding carboxylic acids is 2. The highest BCUT2D eigenvalue weighted by Crippen LogP contribution is 2.25. The van der Waals surface area contributed by atoms with Gasteiger partial charge in [0.2, 0.25) is 0 Å². The van der Waals surface area contributed by atoms with Gasteiger partial charge in [-0.25, -0.2) is 9.78 Å². The van der Waals surface area contributed by atoms with Crippen LogP contribution in [0.1, 0.15) is 15.9 Å². The Morgan fingerprint density at radius 3 is 2.67 bits per heavy atom. The van der Waals surface area contributed by atoms with Gasteiger partial charge in [-0.05, 0) is 25.1 Å². The lowest BCUT2D eigenvalue weighted by Crippen LogP contribution is -2.21. The van der Waals surface area contributed by atoms with E-state index in [-0.39, 0.29) is 11.3 Å². The van der Waals surface area contributed by atoms with E-state index < -0.39 is 18.5 Å². The summed E-state index contributed by atoms with van der Waals surface area (Å²) in [7, 11) is 0. The molecule has 1 aromatic heterocycles. The van der Waals surface area contributed by atoms with Crippen LogP contribution in [0.15, 0.2) is 47.8 Å². The summed E-state index contributed by atoms with van der Waals surface area (Å²) in [6.07, 6.45) is 0. The van der Waals surface area contributed by atoms with Crippen LogP contribution in [-0.2, 0) is 9.53 Å². The summed E-state index contributed by atoms with van der Waals surface area (Å²) in [6, 6.07) is 12.3. The Morgan fingerprint density at radius 2 is 1.96 bits per heavy atom. The fourth-order valence-corrected chi connectivity index (χ4v) is 3.19. The average molecular weight is 402 g/mol. The summed E-state index contributed by atoms with van der Waals surface area (Å²) in [5.41, 5.74) is 8.95. The number of anilines is 2. The van der Waals surface area contributed by atoms with Crippen molar-refractivity contribution >= 4 is 45.6 Å². The molecule has 0 saturated carbocycles. The Bertz CT molecular complexity index is 986. The summed E-state index contributed by atoms with van der Waals surface area (Å²) >= 11 is 7.08. The number of ether oxygens (including phenoxy) is 1. The molecule has 3 aromatic rings. The molecule has 0 atom stereocenters. The van der Waals surface area contributed by atoms with Crippen molar-refractivity contribution in [2.24, 2.45) is 0 Å². The second-order valence-electron chi connectivity index (χ2n) is 5.76. The van der Waals surface area contributed by atoms with Crippen LogP contribution in [0.25, 0.3) is 11.3 Å². The van der Waals surface area contributed by atoms with Gasteiger partial charge >= 0.3 is 5.97 Å². The second kappa shape index (κ2) is 8.20. The molecule has 0 unspecified atom stereocenters. The topological polar surface area (TPSA) is 94.3 Å². The molecule has 0 bridgehead atoms. The minimum Gasteiger partial charge on any atom is -0.452 e. The van der Waals surface area contributed by atoms with E-state index in [1.54, 1.807) is 0 Å². The minimum absolute atomic E-state index is 0.156. The summed E-state index contributed by atoms with van der Waals surface area (Å²) < 4.78 is 4.99. The van der Waals surface area contributed by atoms with Gasteiger partial charge in [-0.2, -0.15) is 0 Å². The number of nitrogen functional groups attached to an aromatic ring is 1. The molecule has 138 valence electrons. The first kappa shape index (κ1) is 18.9. The van der Waals surface area contributed by atoms with Gasteiger partial charge in [0, 0.05) is 21.7 Å². The largest absolute Gasteiger partial charge is 0.452 e. The van der Waals surface area contributed by atoms with Crippen molar-refractivity contribution in [1.29, 1.82) is 0 Å². The molecule has 1 heterocycles. The van der Waals surface area contributed by atoms with Crippen LogP contribution >= 0.6 is 22.9 Å². The van der Waals surface area contributed by atoms with E-state index in [1.165, 1.54) is 29.5 Å². The Labute approximate surface area is 164 Å². The van der Waals surface area contributed by atoms with E-state index in [4.69, 9.17) is 22.1 Å². The number of esters is 1. The number of hydrogen-bond acceptors (Lipinski definition) is 6. The fraction of sp³-hybridized carbons (Fsp3) is 0.105. The van der Waals surface area contributed by atoms with E-state index in [9.17, 15) is 9.59 Å². The third-order valence-electron chi connectivity index (χ3n) is 3.67. The van der Waals surface area contributed by atoms with Crippen LogP contribution in [0, 0.1) is 6.92 Å². The third kappa shape index (κ3) is 4.84. The molecule has 2 aromatic carbocycles. The fourth-order valence-electron chi connectivity index (χ4n) is 2.27. The van der Waals surface area contributed by atoms with Crippen molar-refractivity contribution in [3.8, 4) is 11.3 Å². The van der Waals surface area contributed by atoms with Gasteiger partial charge in [0.05, 0.1) is 11.3 Å². The Kier molecular flexibility index (Phi) is 5.73. The minimum atomic E-state index is -0.696. The van der Waals surface area contributed by atoms with Crippen LogP contribution < -0.4 is 11.1 Å². The predicted molar refractivity (Wildman–Crippen MR) is 107 cm³/mol. The number of nitrogens with zero attached hydrogens (tertiary/aromatic N) is 1. The van der Waals surface area contributed by atoms with E-state index in [2.05, 4.69) is 10.3 Å². The average Bonchev–Trinajstić information content (AvgIpc) is 3.08. The van der Waals surface area contributed by atoms with Crippen molar-refractivity contribution in [1.82, 2.24) is 4.98 Å². The molecule has 0 radical (unpaired) electrons. The molecule has 3 N–H and O–H groups in total. The summed E-state index contributed by atoms with van der Waals surface area (Å²) in [4.78, 5) is 28.4. The highest BCUT2D eigenvalue weighted by atomic mass is 35.5. The number of benzene rings is 2. The first-order valence-corrected chi connectivity index (χ1v) is 9.22. The van der Waals surface area contributed by atoms with Gasteiger partial charge in [0.25, 0.3) is 5.91 Å². The number of aryl methyl sites for hydroxylation is 1. The molecule has 3 rings (SSSR count). The molecular weight excluding hydrogens is 386 g/mol. The maximum absolute atomic E-state index is 12.0. The lowest BCUT2D eigenvalue weighted by Gasteiger charge is -2.07. The standard InChI is InChI=1S/C19H16ClN3O3S/c1-11-2-4-12(5-3-11)16-10-27-19(22-16)23-17(24)9-26-18(25)14-7-6-13(20)8-15(14)21/h2-8,10H,9,21H2,1H3,(H,22,23,24). The molecule has 1 amide bonds. The van der Waals surface area contributed by atoms with Crippen molar-refractivity contribution in [2.45, 2.75) is 6.92 Å². The van der Waals surface area contributed by atoms with Gasteiger partial charge in [-0.3, -0.25) is 10.1 Å². The van der Waals surface area contributed by atoms with Crippen LogP contribution in [0.5, 0.6) is 0 Å². The van der Waals surface area contributed by atoms with Gasteiger partial charge in [-0.1, -0.05) is 41.4 Å². The number of hydrogen-bond donors (Lipinski definition) is 2. The van der Waals surface area contributed by atoms with E-state index >= 15 is 0 Å². The SMILES string of the molecule is Cc1ccc(-c2csc(NC(=O)COC(=O)c3ccc(Cl)cc3N)n2)cc1. The zero-order valence-corrected chi connectivity index (χ0v) is 15.9. The lowest BCUT2D eigenvalue weighted by atomic mass is 10.1. The molecule has 6 nitrogen and oxygen atoms in total. The molecular formula is C19H16ClN3O3S. The van der Waals surface area contributed by atoms with Gasteiger partial charge in [0.1, 0.15) is 0 Å². The quantitative estimate of drug-likeness (QED) is 0.494. The van der Waals surface area contributed by atoms with Crippen LogP contribution in [-0.4, -0.2) is 23.5 Å². The summed E-state index contributed by atoms with van der Waals surface area (Å²) in [5.74, 6) is -1.18. The number of amides is 1. The second-order valence-corrected chi connectivity index (χ2v) is 7.05. The summed E-state index contributed by atoms with van der Waals surface area (Å²) in [5, 5.41) is 5.30. The van der Waals surface area contributed by atoms with Crippen molar-refractivity contribution in [2.75, 3.05) is 17.7 Å². The van der Waals surface area contributed by atoms with Crippen molar-refractivity contribution in [3.63, 3.8) is 0 Å². The predicted octanol–water partition coefficient (Wildman–Crippen LogP) is 4.15. The van der Waals surface area contributed by atoms with Crippen LogP contribution in [0.2, 0.25) is 5.02 Å². The Morgan fingerprint density at radius 1 is 1.22 bits per heavy atom. The number of nitrogens with two attached hydrogens (primary N) is 1. The van der Waals surface area contributed by atoms with E-state index in [0.29, 0.717) is 10.2 Å². The molecule has 0 aliphatic rings. The molecule has 27 heavy (non-hydrogen) atoms. The molecule has 0 aliphatic carbocycles. The zero-order valence-electron chi connectivity index (χ0n) is 14.4. The van der Waals surface area contributed by atoms with E-state index in [1.807, 2.05) is 36.6 Å². The molecule has 0 saturated heterocycles. The maximum atomic E-state index is 12.0. The Hall–Kier alpha value is -2.90. The van der Waals surface area contributed by atoms with Gasteiger partial charge in [-0.15, -0.1) is 11.3 Å². The van der Waals surface area contributed by atoms with Gasteiger partial charge < -0.3 is 10.5 Å². The van der Waals surface area contributed by atoms with Crippen LogP contribution in [0.3, 0.4) is 0 Å². The number of nitrogens with one attached hydrogen (secondary N) is 1. The normalized spacial score (nSPS) is 10.4. The monoisotopic (exact) mass is 401 g/mol. The number of rotatable bonds is 5. The number of carbonyl (C=O) groups is 2. The highest BCUT2D eigenvalue weighted by molar-refractivity contribution is 7.14. The maximum Gasteiger partial charge on any atom is 0.340 e. The Balaban J connectivity index is 1.56. The molecule has 0 fully saturated rings. The first-order valence-electron chi connectivity index (χ1n) is 7.97. The first-order chi connectivity index (χ1) is 12.9.